The lowest BCUT2D eigenvalue weighted by molar-refractivity contribution is 0.615. The molecule has 0 aliphatic heterocycles. The molecule has 3 aromatic rings. The number of rotatable bonds is 10. The monoisotopic (exact) mass is 341 g/mol. The van der Waals surface area contributed by atoms with Crippen LogP contribution in [-0.4, -0.2) is 0 Å². The van der Waals surface area contributed by atoms with Crippen molar-refractivity contribution >= 4 is 0 Å². The molecule has 0 amide bonds. The average Bonchev–Trinajstić information content (AvgIpc) is 2.72. The van der Waals surface area contributed by atoms with Gasteiger partial charge in [0.05, 0.1) is 0 Å². The molecular formula is C26H29. The molecule has 0 N–H and O–H groups in total. The largest absolute Gasteiger partial charge is 0.0622 e. The van der Waals surface area contributed by atoms with E-state index >= 15 is 0 Å². The van der Waals surface area contributed by atoms with Gasteiger partial charge in [-0.3, -0.25) is 0 Å². The molecule has 0 aliphatic rings. The Bertz CT molecular complexity index is 716. The van der Waals surface area contributed by atoms with Crippen molar-refractivity contribution in [3.63, 3.8) is 0 Å². The van der Waals surface area contributed by atoms with Crippen LogP contribution in [0.4, 0.5) is 0 Å². The fraction of sp³-hybridized carbons (Fsp3) is 0.269. The molecule has 1 unspecified atom stereocenters. The van der Waals surface area contributed by atoms with Gasteiger partial charge in [0.25, 0.3) is 0 Å². The first-order chi connectivity index (χ1) is 12.9. The third-order valence-electron chi connectivity index (χ3n) is 5.01. The Morgan fingerprint density at radius 2 is 1.08 bits per heavy atom. The Morgan fingerprint density at radius 3 is 1.65 bits per heavy atom. The molecule has 0 bridgehead atoms. The number of hydrogen-bond acceptors (Lipinski definition) is 0. The molecule has 0 saturated carbocycles. The summed E-state index contributed by atoms with van der Waals surface area (Å²) in [5.41, 5.74) is 4.35. The molecule has 0 saturated heterocycles. The van der Waals surface area contributed by atoms with Crippen molar-refractivity contribution in [1.82, 2.24) is 0 Å². The lowest BCUT2D eigenvalue weighted by Gasteiger charge is -2.17. The van der Waals surface area contributed by atoms with E-state index in [4.69, 9.17) is 0 Å². The zero-order valence-corrected chi connectivity index (χ0v) is 15.6. The van der Waals surface area contributed by atoms with Crippen LogP contribution >= 0.6 is 0 Å². The summed E-state index contributed by atoms with van der Waals surface area (Å²) in [6.07, 6.45) is 9.75. The van der Waals surface area contributed by atoms with Gasteiger partial charge in [0.2, 0.25) is 0 Å². The molecule has 0 fully saturated rings. The highest BCUT2D eigenvalue weighted by molar-refractivity contribution is 5.22. The molecule has 1 radical (unpaired) electrons. The van der Waals surface area contributed by atoms with Gasteiger partial charge in [-0.15, -0.1) is 0 Å². The quantitative estimate of drug-likeness (QED) is 0.348. The second-order valence-corrected chi connectivity index (χ2v) is 7.01. The molecule has 0 heterocycles. The van der Waals surface area contributed by atoms with Crippen LogP contribution in [0.15, 0.2) is 91.0 Å². The summed E-state index contributed by atoms with van der Waals surface area (Å²) in [5.74, 6) is 0.565. The predicted octanol–water partition coefficient (Wildman–Crippen LogP) is 7.02. The van der Waals surface area contributed by atoms with Gasteiger partial charge in [0, 0.05) is 0 Å². The Kier molecular flexibility index (Phi) is 7.53. The van der Waals surface area contributed by atoms with Crippen LogP contribution in [0.3, 0.4) is 0 Å². The molecule has 3 aromatic carbocycles. The van der Waals surface area contributed by atoms with E-state index in [1.54, 1.807) is 0 Å². The van der Waals surface area contributed by atoms with Gasteiger partial charge in [0.15, 0.2) is 0 Å². The SMILES string of the molecule is [CH](CCCc1ccccc1)C(CCCc1ccccc1)c1ccccc1. The second-order valence-electron chi connectivity index (χ2n) is 7.01. The van der Waals surface area contributed by atoms with Crippen LogP contribution in [0.5, 0.6) is 0 Å². The summed E-state index contributed by atoms with van der Waals surface area (Å²) >= 11 is 0. The predicted molar refractivity (Wildman–Crippen MR) is 112 cm³/mol. The molecule has 0 spiro atoms. The summed E-state index contributed by atoms with van der Waals surface area (Å²) in [5, 5.41) is 0. The van der Waals surface area contributed by atoms with Gasteiger partial charge < -0.3 is 0 Å². The van der Waals surface area contributed by atoms with Crippen LogP contribution in [0.25, 0.3) is 0 Å². The summed E-state index contributed by atoms with van der Waals surface area (Å²) in [6.45, 7) is 0. The van der Waals surface area contributed by atoms with Crippen molar-refractivity contribution in [2.75, 3.05) is 0 Å². The molecule has 0 aliphatic carbocycles. The molecule has 133 valence electrons. The topological polar surface area (TPSA) is 0 Å². The molecule has 0 aromatic heterocycles. The van der Waals surface area contributed by atoms with Crippen LogP contribution in [0.1, 0.15) is 48.3 Å². The van der Waals surface area contributed by atoms with Crippen molar-refractivity contribution in [1.29, 1.82) is 0 Å². The fourth-order valence-corrected chi connectivity index (χ4v) is 3.56. The zero-order valence-electron chi connectivity index (χ0n) is 15.6. The highest BCUT2D eigenvalue weighted by Gasteiger charge is 2.11. The maximum Gasteiger partial charge on any atom is -0.0131 e. The first-order valence-electron chi connectivity index (χ1n) is 9.88. The van der Waals surface area contributed by atoms with E-state index < -0.39 is 0 Å². The maximum absolute atomic E-state index is 2.54. The first kappa shape index (κ1) is 18.5. The average molecular weight is 342 g/mol. The standard InChI is InChI=1S/C26H29/c1-4-13-23(14-5-1)17-10-11-21-26(25-19-8-3-9-20-25)22-12-18-24-15-6-2-7-16-24/h1-9,13-16,19-21,26H,10-12,17-18,22H2. The van der Waals surface area contributed by atoms with Gasteiger partial charge >= 0.3 is 0 Å². The number of aryl methyl sites for hydroxylation is 2. The molecule has 0 nitrogen and oxygen atoms in total. The fourth-order valence-electron chi connectivity index (χ4n) is 3.56. The van der Waals surface area contributed by atoms with Crippen LogP contribution in [0, 0.1) is 6.42 Å². The van der Waals surface area contributed by atoms with Crippen LogP contribution in [-0.2, 0) is 12.8 Å². The minimum atomic E-state index is 0.565. The Hall–Kier alpha value is -2.34. The summed E-state index contributed by atoms with van der Waals surface area (Å²) in [6, 6.07) is 32.7. The summed E-state index contributed by atoms with van der Waals surface area (Å²) in [7, 11) is 0. The van der Waals surface area contributed by atoms with Gasteiger partial charge in [-0.25, -0.2) is 0 Å². The van der Waals surface area contributed by atoms with Gasteiger partial charge in [-0.05, 0) is 67.6 Å². The number of hydrogen-bond donors (Lipinski definition) is 0. The third kappa shape index (κ3) is 6.19. The van der Waals surface area contributed by atoms with E-state index in [-0.39, 0.29) is 0 Å². The Morgan fingerprint density at radius 1 is 0.577 bits per heavy atom. The lowest BCUT2D eigenvalue weighted by Crippen LogP contribution is -2.02. The van der Waals surface area contributed by atoms with Gasteiger partial charge in [-0.2, -0.15) is 0 Å². The van der Waals surface area contributed by atoms with Crippen molar-refractivity contribution < 1.29 is 0 Å². The van der Waals surface area contributed by atoms with E-state index in [9.17, 15) is 0 Å². The second kappa shape index (κ2) is 10.6. The number of unbranched alkanes of at least 4 members (excludes halogenated alkanes) is 1. The Balaban J connectivity index is 1.48. The van der Waals surface area contributed by atoms with E-state index in [1.807, 2.05) is 0 Å². The highest BCUT2D eigenvalue weighted by Crippen LogP contribution is 2.27. The van der Waals surface area contributed by atoms with E-state index in [0.717, 1.165) is 0 Å². The normalized spacial score (nSPS) is 12.0. The van der Waals surface area contributed by atoms with Crippen molar-refractivity contribution in [3.05, 3.63) is 114 Å². The van der Waals surface area contributed by atoms with Gasteiger partial charge in [0.1, 0.15) is 0 Å². The Labute approximate surface area is 158 Å². The lowest BCUT2D eigenvalue weighted by atomic mass is 9.88. The minimum absolute atomic E-state index is 0.565. The smallest absolute Gasteiger partial charge is 0.0131 e. The molecule has 0 heteroatoms. The van der Waals surface area contributed by atoms with Crippen LogP contribution < -0.4 is 0 Å². The molecule has 3 rings (SSSR count). The summed E-state index contributed by atoms with van der Waals surface area (Å²) < 4.78 is 0. The summed E-state index contributed by atoms with van der Waals surface area (Å²) in [4.78, 5) is 0. The van der Waals surface area contributed by atoms with Crippen LogP contribution in [0.2, 0.25) is 0 Å². The van der Waals surface area contributed by atoms with Crippen molar-refractivity contribution in [2.24, 2.45) is 0 Å². The third-order valence-corrected chi connectivity index (χ3v) is 5.01. The molecule has 26 heavy (non-hydrogen) atoms. The van der Waals surface area contributed by atoms with Crippen molar-refractivity contribution in [3.8, 4) is 0 Å². The minimum Gasteiger partial charge on any atom is -0.0622 e. The van der Waals surface area contributed by atoms with E-state index in [1.165, 1.54) is 55.2 Å². The maximum atomic E-state index is 2.54. The van der Waals surface area contributed by atoms with E-state index in [0.29, 0.717) is 5.92 Å². The number of benzene rings is 3. The van der Waals surface area contributed by atoms with Gasteiger partial charge in [-0.1, -0.05) is 91.0 Å². The van der Waals surface area contributed by atoms with Crippen molar-refractivity contribution in [2.45, 2.75) is 44.4 Å². The zero-order chi connectivity index (χ0) is 17.9. The molecular weight excluding hydrogens is 312 g/mol. The molecule has 1 atom stereocenters. The first-order valence-corrected chi connectivity index (χ1v) is 9.88. The highest BCUT2D eigenvalue weighted by atomic mass is 14.2. The van der Waals surface area contributed by atoms with E-state index in [2.05, 4.69) is 97.4 Å².